The lowest BCUT2D eigenvalue weighted by Crippen LogP contribution is -2.17. The topological polar surface area (TPSA) is 79.3 Å². The quantitative estimate of drug-likeness (QED) is 0.476. The van der Waals surface area contributed by atoms with Crippen molar-refractivity contribution in [1.82, 2.24) is 14.4 Å². The van der Waals surface area contributed by atoms with Gasteiger partial charge in [-0.3, -0.25) is 9.59 Å². The molecule has 2 aromatic carbocycles. The lowest BCUT2D eigenvalue weighted by molar-refractivity contribution is 0.102. The Morgan fingerprint density at radius 2 is 1.83 bits per heavy atom. The van der Waals surface area contributed by atoms with Crippen LogP contribution in [-0.2, 0) is 0 Å². The summed E-state index contributed by atoms with van der Waals surface area (Å²) in [5.41, 5.74) is 4.78. The molecule has 0 saturated heterocycles. The third kappa shape index (κ3) is 3.04. The third-order valence-corrected chi connectivity index (χ3v) is 5.12. The molecule has 0 atom stereocenters. The number of rotatable bonds is 3. The molecular formula is C24H18N4O2. The van der Waals surface area contributed by atoms with Crippen molar-refractivity contribution >= 4 is 28.1 Å². The minimum atomic E-state index is -0.343. The van der Waals surface area contributed by atoms with Crippen molar-refractivity contribution in [2.75, 3.05) is 5.32 Å². The largest absolute Gasteiger partial charge is 0.322 e. The first-order valence-electron chi connectivity index (χ1n) is 9.57. The maximum Gasteiger partial charge on any atom is 0.256 e. The van der Waals surface area contributed by atoms with Gasteiger partial charge in [-0.15, -0.1) is 0 Å². The number of pyridine rings is 2. The number of amides is 1. The number of carbonyl (C=O) groups excluding carboxylic acids is 1. The Kier molecular flexibility index (Phi) is 4.17. The molecule has 0 spiro atoms. The number of hydrogen-bond acceptors (Lipinski definition) is 3. The summed E-state index contributed by atoms with van der Waals surface area (Å²) >= 11 is 0. The van der Waals surface area contributed by atoms with E-state index in [1.807, 2.05) is 78.3 Å². The average Bonchev–Trinajstić information content (AvgIpc) is 3.19. The fraction of sp³-hybridized carbons (Fsp3) is 0.0417. The molecule has 5 rings (SSSR count). The number of hydrogen-bond donors (Lipinski definition) is 2. The number of carbonyl (C=O) groups is 1. The van der Waals surface area contributed by atoms with Crippen LogP contribution in [0.4, 0.5) is 5.69 Å². The second-order valence-electron chi connectivity index (χ2n) is 7.14. The Morgan fingerprint density at radius 3 is 2.70 bits per heavy atom. The Balaban J connectivity index is 1.58. The number of anilines is 1. The van der Waals surface area contributed by atoms with Crippen LogP contribution in [0, 0.1) is 6.92 Å². The van der Waals surface area contributed by atoms with Gasteiger partial charge in [-0.2, -0.15) is 0 Å². The molecule has 6 nitrogen and oxygen atoms in total. The molecule has 0 aliphatic heterocycles. The van der Waals surface area contributed by atoms with Crippen molar-refractivity contribution in [3.8, 4) is 11.3 Å². The molecule has 0 fully saturated rings. The lowest BCUT2D eigenvalue weighted by Gasteiger charge is -2.11. The number of imidazole rings is 1. The number of H-pyrrole nitrogens is 1. The predicted molar refractivity (Wildman–Crippen MR) is 118 cm³/mol. The first kappa shape index (κ1) is 17.9. The van der Waals surface area contributed by atoms with E-state index in [0.29, 0.717) is 22.2 Å². The van der Waals surface area contributed by atoms with Gasteiger partial charge < -0.3 is 14.7 Å². The smallest absolute Gasteiger partial charge is 0.256 e. The van der Waals surface area contributed by atoms with Crippen molar-refractivity contribution in [2.45, 2.75) is 6.92 Å². The zero-order chi connectivity index (χ0) is 20.7. The maximum absolute atomic E-state index is 13.1. The molecule has 2 N–H and O–H groups in total. The fourth-order valence-corrected chi connectivity index (χ4v) is 3.68. The number of aryl methyl sites for hydroxylation is 1. The van der Waals surface area contributed by atoms with Crippen molar-refractivity contribution in [3.05, 3.63) is 101 Å². The summed E-state index contributed by atoms with van der Waals surface area (Å²) in [7, 11) is 0. The molecule has 0 bridgehead atoms. The van der Waals surface area contributed by atoms with E-state index in [9.17, 15) is 9.59 Å². The van der Waals surface area contributed by atoms with E-state index in [1.165, 1.54) is 6.07 Å². The molecule has 0 radical (unpaired) electrons. The van der Waals surface area contributed by atoms with Crippen LogP contribution >= 0.6 is 0 Å². The summed E-state index contributed by atoms with van der Waals surface area (Å²) in [6.45, 7) is 2.01. The third-order valence-electron chi connectivity index (χ3n) is 5.12. The summed E-state index contributed by atoms with van der Waals surface area (Å²) in [6, 6.07) is 20.1. The van der Waals surface area contributed by atoms with Crippen molar-refractivity contribution in [1.29, 1.82) is 0 Å². The monoisotopic (exact) mass is 394 g/mol. The first-order chi connectivity index (χ1) is 14.6. The van der Waals surface area contributed by atoms with Gasteiger partial charge in [0.15, 0.2) is 0 Å². The number of fused-ring (bicyclic) bond motifs is 2. The maximum atomic E-state index is 13.1. The van der Waals surface area contributed by atoms with E-state index in [-0.39, 0.29) is 11.5 Å². The highest BCUT2D eigenvalue weighted by Crippen LogP contribution is 2.29. The van der Waals surface area contributed by atoms with Gasteiger partial charge in [-0.05, 0) is 30.7 Å². The second-order valence-corrected chi connectivity index (χ2v) is 7.14. The number of aromatic amines is 1. The molecule has 146 valence electrons. The van der Waals surface area contributed by atoms with Gasteiger partial charge in [0.1, 0.15) is 5.65 Å². The van der Waals surface area contributed by atoms with Gasteiger partial charge in [0.2, 0.25) is 5.56 Å². The van der Waals surface area contributed by atoms with Crippen LogP contribution in [-0.4, -0.2) is 20.3 Å². The first-order valence-corrected chi connectivity index (χ1v) is 9.57. The van der Waals surface area contributed by atoms with Crippen molar-refractivity contribution in [3.63, 3.8) is 0 Å². The van der Waals surface area contributed by atoms with Gasteiger partial charge >= 0.3 is 0 Å². The summed E-state index contributed by atoms with van der Waals surface area (Å²) in [4.78, 5) is 32.6. The summed E-state index contributed by atoms with van der Waals surface area (Å²) in [5.74, 6) is -0.343. The van der Waals surface area contributed by atoms with E-state index in [1.54, 1.807) is 6.07 Å². The molecule has 1 amide bonds. The minimum Gasteiger partial charge on any atom is -0.322 e. The molecule has 0 aliphatic carbocycles. The number of nitrogens with zero attached hydrogens (tertiary/aromatic N) is 2. The SMILES string of the molecule is Cc1cccn2cc(-c3ccccc3NC(=O)c3cc(=O)[nH]c4ccccc34)nc12. The van der Waals surface area contributed by atoms with Crippen molar-refractivity contribution in [2.24, 2.45) is 0 Å². The van der Waals surface area contributed by atoms with Gasteiger partial charge in [-0.25, -0.2) is 4.98 Å². The average molecular weight is 394 g/mol. The molecular weight excluding hydrogens is 376 g/mol. The van der Waals surface area contributed by atoms with Gasteiger partial charge in [0.25, 0.3) is 5.91 Å². The van der Waals surface area contributed by atoms with Gasteiger partial charge in [0, 0.05) is 34.9 Å². The molecule has 0 saturated carbocycles. The molecule has 0 aliphatic rings. The van der Waals surface area contributed by atoms with Crippen LogP contribution in [0.5, 0.6) is 0 Å². The highest BCUT2D eigenvalue weighted by Gasteiger charge is 2.15. The fourth-order valence-electron chi connectivity index (χ4n) is 3.68. The molecule has 5 aromatic rings. The summed E-state index contributed by atoms with van der Waals surface area (Å²) in [5, 5.41) is 3.65. The van der Waals surface area contributed by atoms with Crippen LogP contribution in [0.25, 0.3) is 27.8 Å². The zero-order valence-corrected chi connectivity index (χ0v) is 16.2. The van der Waals surface area contributed by atoms with Crippen molar-refractivity contribution < 1.29 is 4.79 Å². The van der Waals surface area contributed by atoms with Gasteiger partial charge in [-0.1, -0.05) is 42.5 Å². The molecule has 0 unspecified atom stereocenters. The van der Waals surface area contributed by atoms with E-state index >= 15 is 0 Å². The number of aromatic nitrogens is 3. The Labute approximate surface area is 171 Å². The molecule has 3 aromatic heterocycles. The Morgan fingerprint density at radius 1 is 1.03 bits per heavy atom. The predicted octanol–water partition coefficient (Wildman–Crippen LogP) is 4.40. The summed E-state index contributed by atoms with van der Waals surface area (Å²) in [6.07, 6.45) is 3.89. The zero-order valence-electron chi connectivity index (χ0n) is 16.2. The lowest BCUT2D eigenvalue weighted by atomic mass is 10.1. The number of nitrogens with one attached hydrogen (secondary N) is 2. The van der Waals surface area contributed by atoms with Crippen LogP contribution in [0.15, 0.2) is 83.9 Å². The minimum absolute atomic E-state index is 0.317. The standard InChI is InChI=1S/C24H18N4O2/c1-15-7-6-12-28-14-21(26-23(15)28)17-9-3-5-11-20(17)27-24(30)18-13-22(29)25-19-10-4-2-8-16(18)19/h2-14H,1H3,(H,25,29)(H,27,30). The van der Waals surface area contributed by atoms with Crippen LogP contribution < -0.4 is 10.9 Å². The highest BCUT2D eigenvalue weighted by atomic mass is 16.2. The van der Waals surface area contributed by atoms with E-state index in [0.717, 1.165) is 22.5 Å². The van der Waals surface area contributed by atoms with E-state index in [4.69, 9.17) is 4.98 Å². The number of para-hydroxylation sites is 2. The molecule has 6 heteroatoms. The van der Waals surface area contributed by atoms with Crippen LogP contribution in [0.1, 0.15) is 15.9 Å². The van der Waals surface area contributed by atoms with E-state index < -0.39 is 0 Å². The highest BCUT2D eigenvalue weighted by molar-refractivity contribution is 6.13. The molecule has 30 heavy (non-hydrogen) atoms. The molecule has 3 heterocycles. The number of benzene rings is 2. The Hall–Kier alpha value is -4.19. The van der Waals surface area contributed by atoms with E-state index in [2.05, 4.69) is 10.3 Å². The second kappa shape index (κ2) is 7.00. The summed E-state index contributed by atoms with van der Waals surface area (Å²) < 4.78 is 1.97. The Bertz CT molecular complexity index is 1480. The van der Waals surface area contributed by atoms with Crippen LogP contribution in [0.2, 0.25) is 0 Å². The normalized spacial score (nSPS) is 11.1. The van der Waals surface area contributed by atoms with Crippen LogP contribution in [0.3, 0.4) is 0 Å². The van der Waals surface area contributed by atoms with Gasteiger partial charge in [0.05, 0.1) is 16.9 Å².